The van der Waals surface area contributed by atoms with Gasteiger partial charge in [0.2, 0.25) is 11.8 Å². The van der Waals surface area contributed by atoms with Crippen LogP contribution in [0.5, 0.6) is 0 Å². The molecule has 2 N–H and O–H groups in total. The normalized spacial score (nSPS) is 17.2. The quantitative estimate of drug-likeness (QED) is 0.668. The van der Waals surface area contributed by atoms with E-state index < -0.39 is 6.04 Å². The van der Waals surface area contributed by atoms with Crippen LogP contribution in [0.3, 0.4) is 0 Å². The predicted octanol–water partition coefficient (Wildman–Crippen LogP) is 3.72. The first kappa shape index (κ1) is 21.1. The Hall–Kier alpha value is -3.18. The average Bonchev–Trinajstić information content (AvgIpc) is 2.92. The Morgan fingerprint density at radius 1 is 1.06 bits per heavy atom. The van der Waals surface area contributed by atoms with Crippen molar-refractivity contribution in [3.05, 3.63) is 77.4 Å². The van der Waals surface area contributed by atoms with Gasteiger partial charge in [-0.2, -0.15) is 0 Å². The molecule has 160 valence electrons. The lowest BCUT2D eigenvalue weighted by Crippen LogP contribution is -2.52. The lowest BCUT2D eigenvalue weighted by molar-refractivity contribution is -0.128. The molecule has 31 heavy (non-hydrogen) atoms. The van der Waals surface area contributed by atoms with Crippen molar-refractivity contribution in [3.63, 3.8) is 0 Å². The fraction of sp³-hybridized carbons (Fsp3) is 0.308. The third kappa shape index (κ3) is 4.19. The van der Waals surface area contributed by atoms with Gasteiger partial charge in [-0.15, -0.1) is 0 Å². The van der Waals surface area contributed by atoms with Crippen LogP contribution in [0.15, 0.2) is 60.7 Å². The zero-order chi connectivity index (χ0) is 22.0. The van der Waals surface area contributed by atoms with E-state index in [1.54, 1.807) is 14.0 Å². The van der Waals surface area contributed by atoms with Gasteiger partial charge in [-0.3, -0.25) is 9.59 Å². The highest BCUT2D eigenvalue weighted by Crippen LogP contribution is 2.31. The third-order valence-electron chi connectivity index (χ3n) is 6.25. The summed E-state index contributed by atoms with van der Waals surface area (Å²) in [5.74, 6) is -0.223. The number of hydrogen-bond acceptors (Lipinski definition) is 3. The van der Waals surface area contributed by atoms with E-state index in [0.717, 1.165) is 28.6 Å². The molecule has 1 aliphatic rings. The number of hydrogen-bond donors (Lipinski definition) is 2. The van der Waals surface area contributed by atoms with Crippen molar-refractivity contribution in [1.82, 2.24) is 10.6 Å². The molecule has 0 saturated carbocycles. The largest absolute Gasteiger partial charge is 0.343 e. The molecular weight excluding hydrogens is 386 g/mol. The topological polar surface area (TPSA) is 61.4 Å². The molecule has 2 atom stereocenters. The molecule has 0 saturated heterocycles. The van der Waals surface area contributed by atoms with Crippen LogP contribution in [0, 0.1) is 6.92 Å². The van der Waals surface area contributed by atoms with Gasteiger partial charge in [0.1, 0.15) is 6.04 Å². The molecule has 1 heterocycles. The van der Waals surface area contributed by atoms with E-state index in [9.17, 15) is 9.59 Å². The highest BCUT2D eigenvalue weighted by atomic mass is 16.2. The molecule has 0 bridgehead atoms. The highest BCUT2D eigenvalue weighted by Gasteiger charge is 2.32. The average molecular weight is 416 g/mol. The highest BCUT2D eigenvalue weighted by molar-refractivity contribution is 6.01. The summed E-state index contributed by atoms with van der Waals surface area (Å²) in [4.78, 5) is 28.0. The Morgan fingerprint density at radius 3 is 2.55 bits per heavy atom. The minimum atomic E-state index is -0.549. The second-order valence-corrected chi connectivity index (χ2v) is 8.25. The van der Waals surface area contributed by atoms with E-state index >= 15 is 0 Å². The van der Waals surface area contributed by atoms with Crippen molar-refractivity contribution in [2.45, 2.75) is 45.3 Å². The Balaban J connectivity index is 1.72. The van der Waals surface area contributed by atoms with Crippen LogP contribution in [0.25, 0.3) is 10.8 Å². The van der Waals surface area contributed by atoms with E-state index in [-0.39, 0.29) is 17.9 Å². The summed E-state index contributed by atoms with van der Waals surface area (Å²) in [6, 6.07) is 19.7. The van der Waals surface area contributed by atoms with Gasteiger partial charge in [-0.1, -0.05) is 54.6 Å². The molecule has 0 aromatic heterocycles. The van der Waals surface area contributed by atoms with Gasteiger partial charge in [0, 0.05) is 5.69 Å². The number of likely N-dealkylation sites (N-methyl/N-ethyl adjacent to an activating group) is 1. The molecule has 0 fully saturated rings. The van der Waals surface area contributed by atoms with Gasteiger partial charge in [-0.05, 0) is 67.3 Å². The Labute approximate surface area is 183 Å². The van der Waals surface area contributed by atoms with Gasteiger partial charge in [0.25, 0.3) is 0 Å². The standard InChI is InChI=1S/C26H29N3O2/c1-17-12-13-20(22-10-6-5-9-21(17)22)16-29-24-11-7-4-8-19(24)14-15-23(26(29)31)28-25(30)18(2)27-3/h4-13,18,23,27H,14-16H2,1-3H3,(H,28,30). The Morgan fingerprint density at radius 2 is 1.77 bits per heavy atom. The zero-order valence-corrected chi connectivity index (χ0v) is 18.3. The molecule has 2 amide bonds. The van der Waals surface area contributed by atoms with Crippen molar-refractivity contribution in [2.75, 3.05) is 11.9 Å². The molecule has 0 radical (unpaired) electrons. The number of benzene rings is 3. The van der Waals surface area contributed by atoms with Gasteiger partial charge >= 0.3 is 0 Å². The number of carbonyl (C=O) groups is 2. The summed E-state index contributed by atoms with van der Waals surface area (Å²) in [5, 5.41) is 8.26. The van der Waals surface area contributed by atoms with Crippen LogP contribution in [0.4, 0.5) is 5.69 Å². The van der Waals surface area contributed by atoms with Crippen LogP contribution >= 0.6 is 0 Å². The maximum Gasteiger partial charge on any atom is 0.249 e. The van der Waals surface area contributed by atoms with Crippen LogP contribution in [0.1, 0.15) is 30.0 Å². The van der Waals surface area contributed by atoms with Gasteiger partial charge in [0.05, 0.1) is 12.6 Å². The third-order valence-corrected chi connectivity index (χ3v) is 6.25. The van der Waals surface area contributed by atoms with Crippen molar-refractivity contribution < 1.29 is 9.59 Å². The van der Waals surface area contributed by atoms with Crippen molar-refractivity contribution >= 4 is 28.3 Å². The number of anilines is 1. The van der Waals surface area contributed by atoms with Gasteiger partial charge in [0.15, 0.2) is 0 Å². The number of para-hydroxylation sites is 1. The molecular formula is C26H29N3O2. The summed E-state index contributed by atoms with van der Waals surface area (Å²) in [6.07, 6.45) is 1.33. The molecule has 5 heteroatoms. The molecule has 4 rings (SSSR count). The van der Waals surface area contributed by atoms with Crippen LogP contribution in [-0.4, -0.2) is 30.9 Å². The van der Waals surface area contributed by atoms with Crippen LogP contribution in [-0.2, 0) is 22.6 Å². The summed E-state index contributed by atoms with van der Waals surface area (Å²) in [6.45, 7) is 4.36. The molecule has 5 nitrogen and oxygen atoms in total. The maximum atomic E-state index is 13.7. The molecule has 0 aliphatic carbocycles. The van der Waals surface area contributed by atoms with Crippen molar-refractivity contribution in [1.29, 1.82) is 0 Å². The molecule has 0 spiro atoms. The monoisotopic (exact) mass is 415 g/mol. The number of carbonyl (C=O) groups excluding carboxylic acids is 2. The summed E-state index contributed by atoms with van der Waals surface area (Å²) in [5.41, 5.74) is 4.37. The number of fused-ring (bicyclic) bond motifs is 2. The first-order chi connectivity index (χ1) is 15.0. The lowest BCUT2D eigenvalue weighted by Gasteiger charge is -2.27. The van der Waals surface area contributed by atoms with Gasteiger partial charge < -0.3 is 15.5 Å². The van der Waals surface area contributed by atoms with E-state index in [0.29, 0.717) is 13.0 Å². The molecule has 3 aromatic rings. The maximum absolute atomic E-state index is 13.7. The number of amides is 2. The lowest BCUT2D eigenvalue weighted by atomic mass is 9.99. The minimum Gasteiger partial charge on any atom is -0.343 e. The second-order valence-electron chi connectivity index (χ2n) is 8.25. The van der Waals surface area contributed by atoms with E-state index in [1.807, 2.05) is 35.2 Å². The molecule has 1 aliphatic heterocycles. The zero-order valence-electron chi connectivity index (χ0n) is 18.3. The summed E-state index contributed by atoms with van der Waals surface area (Å²) >= 11 is 0. The fourth-order valence-electron chi connectivity index (χ4n) is 4.26. The number of nitrogens with one attached hydrogen (secondary N) is 2. The SMILES string of the molecule is CNC(C)C(=O)NC1CCc2ccccc2N(Cc2ccc(C)c3ccccc23)C1=O. The predicted molar refractivity (Wildman–Crippen MR) is 125 cm³/mol. The summed E-state index contributed by atoms with van der Waals surface area (Å²) < 4.78 is 0. The summed E-state index contributed by atoms with van der Waals surface area (Å²) in [7, 11) is 1.74. The van der Waals surface area contributed by atoms with Crippen molar-refractivity contribution in [3.8, 4) is 0 Å². The smallest absolute Gasteiger partial charge is 0.249 e. The van der Waals surface area contributed by atoms with Crippen LogP contribution in [0.2, 0.25) is 0 Å². The second kappa shape index (κ2) is 8.90. The Kier molecular flexibility index (Phi) is 6.05. The van der Waals surface area contributed by atoms with Crippen LogP contribution < -0.4 is 15.5 Å². The van der Waals surface area contributed by atoms with Crippen molar-refractivity contribution in [2.24, 2.45) is 0 Å². The first-order valence-corrected chi connectivity index (χ1v) is 10.8. The Bertz CT molecular complexity index is 1120. The first-order valence-electron chi connectivity index (χ1n) is 10.8. The van der Waals surface area contributed by atoms with E-state index in [4.69, 9.17) is 0 Å². The fourth-order valence-corrected chi connectivity index (χ4v) is 4.26. The van der Waals surface area contributed by atoms with Gasteiger partial charge in [-0.25, -0.2) is 0 Å². The number of nitrogens with zero attached hydrogens (tertiary/aromatic N) is 1. The molecule has 2 unspecified atom stereocenters. The van der Waals surface area contributed by atoms with E-state index in [2.05, 4.69) is 47.9 Å². The molecule has 3 aromatic carbocycles. The minimum absolute atomic E-state index is 0.0636. The number of rotatable bonds is 5. The number of aryl methyl sites for hydroxylation is 2. The van der Waals surface area contributed by atoms with E-state index in [1.165, 1.54) is 10.9 Å².